The number of benzene rings is 1. The van der Waals surface area contributed by atoms with Crippen LogP contribution in [0.15, 0.2) is 36.7 Å². The Kier molecular flexibility index (Phi) is 3.13. The molecule has 0 N–H and O–H groups in total. The summed E-state index contributed by atoms with van der Waals surface area (Å²) in [6.07, 6.45) is 2.95. The lowest BCUT2D eigenvalue weighted by molar-refractivity contribution is 0.627. The van der Waals surface area contributed by atoms with Gasteiger partial charge in [0.15, 0.2) is 0 Å². The van der Waals surface area contributed by atoms with Crippen molar-refractivity contribution in [2.45, 2.75) is 0 Å². The topological polar surface area (TPSA) is 25.8 Å². The second-order valence-electron chi connectivity index (χ2n) is 2.98. The minimum atomic E-state index is -0.284. The highest BCUT2D eigenvalue weighted by Gasteiger charge is 1.91. The standard InChI is InChI=1S/C12H6ClFN2/c13-10-7-15-12(16-8-10)6-3-9-1-4-11(14)5-2-9/h1-2,4-5,7-8H. The monoisotopic (exact) mass is 232 g/mol. The summed E-state index contributed by atoms with van der Waals surface area (Å²) >= 11 is 5.63. The molecule has 0 saturated heterocycles. The van der Waals surface area contributed by atoms with Gasteiger partial charge in [-0.1, -0.05) is 17.5 Å². The molecule has 4 heteroatoms. The van der Waals surface area contributed by atoms with E-state index >= 15 is 0 Å². The summed E-state index contributed by atoms with van der Waals surface area (Å²) in [5.74, 6) is 5.68. The molecule has 0 saturated carbocycles. The number of nitrogens with zero attached hydrogens (tertiary/aromatic N) is 2. The van der Waals surface area contributed by atoms with Gasteiger partial charge in [0.2, 0.25) is 5.82 Å². The quantitative estimate of drug-likeness (QED) is 0.653. The van der Waals surface area contributed by atoms with E-state index in [0.29, 0.717) is 16.4 Å². The molecule has 1 aromatic heterocycles. The summed E-state index contributed by atoms with van der Waals surface area (Å²) in [5, 5.41) is 0.465. The van der Waals surface area contributed by atoms with Gasteiger partial charge in [0.25, 0.3) is 0 Å². The Morgan fingerprint density at radius 1 is 1.00 bits per heavy atom. The first-order valence-corrected chi connectivity index (χ1v) is 4.87. The lowest BCUT2D eigenvalue weighted by Crippen LogP contribution is -1.86. The fourth-order valence-corrected chi connectivity index (χ4v) is 1.14. The maximum Gasteiger partial charge on any atom is 0.205 e. The molecule has 0 aliphatic rings. The van der Waals surface area contributed by atoms with Crippen molar-refractivity contribution in [1.82, 2.24) is 9.97 Å². The van der Waals surface area contributed by atoms with Crippen molar-refractivity contribution in [2.24, 2.45) is 0 Å². The molecular weight excluding hydrogens is 227 g/mol. The lowest BCUT2D eigenvalue weighted by atomic mass is 10.2. The van der Waals surface area contributed by atoms with E-state index in [-0.39, 0.29) is 5.82 Å². The fourth-order valence-electron chi connectivity index (χ4n) is 1.04. The van der Waals surface area contributed by atoms with Crippen molar-refractivity contribution >= 4 is 11.6 Å². The van der Waals surface area contributed by atoms with Gasteiger partial charge in [0.1, 0.15) is 5.82 Å². The molecule has 0 fully saturated rings. The van der Waals surface area contributed by atoms with E-state index in [1.54, 1.807) is 12.1 Å². The molecule has 2 aromatic rings. The zero-order valence-corrected chi connectivity index (χ0v) is 8.87. The van der Waals surface area contributed by atoms with Gasteiger partial charge in [-0.2, -0.15) is 0 Å². The molecule has 0 radical (unpaired) electrons. The highest BCUT2D eigenvalue weighted by molar-refractivity contribution is 6.30. The highest BCUT2D eigenvalue weighted by Crippen LogP contribution is 2.03. The molecule has 0 aliphatic carbocycles. The number of hydrogen-bond donors (Lipinski definition) is 0. The van der Waals surface area contributed by atoms with Crippen molar-refractivity contribution in [1.29, 1.82) is 0 Å². The number of rotatable bonds is 0. The van der Waals surface area contributed by atoms with Crippen molar-refractivity contribution in [3.05, 3.63) is 58.9 Å². The molecule has 0 atom stereocenters. The second-order valence-corrected chi connectivity index (χ2v) is 3.42. The van der Waals surface area contributed by atoms with E-state index in [2.05, 4.69) is 21.8 Å². The number of aromatic nitrogens is 2. The molecule has 16 heavy (non-hydrogen) atoms. The van der Waals surface area contributed by atoms with E-state index in [1.807, 2.05) is 0 Å². The van der Waals surface area contributed by atoms with Gasteiger partial charge < -0.3 is 0 Å². The predicted molar refractivity (Wildman–Crippen MR) is 59.4 cm³/mol. The molecule has 0 amide bonds. The first kappa shape index (κ1) is 10.6. The van der Waals surface area contributed by atoms with Gasteiger partial charge in [0, 0.05) is 5.56 Å². The summed E-state index contributed by atoms with van der Waals surface area (Å²) in [7, 11) is 0. The van der Waals surface area contributed by atoms with Crippen LogP contribution in [0.4, 0.5) is 4.39 Å². The van der Waals surface area contributed by atoms with Crippen molar-refractivity contribution in [2.75, 3.05) is 0 Å². The van der Waals surface area contributed by atoms with E-state index in [4.69, 9.17) is 11.6 Å². The number of halogens is 2. The van der Waals surface area contributed by atoms with Gasteiger partial charge in [-0.25, -0.2) is 14.4 Å². The van der Waals surface area contributed by atoms with Gasteiger partial charge in [-0.05, 0) is 30.2 Å². The van der Waals surface area contributed by atoms with E-state index in [9.17, 15) is 4.39 Å². The third-order valence-electron chi connectivity index (χ3n) is 1.78. The van der Waals surface area contributed by atoms with Crippen LogP contribution in [0.3, 0.4) is 0 Å². The maximum atomic E-state index is 12.6. The third kappa shape index (κ3) is 2.78. The van der Waals surface area contributed by atoms with Crippen LogP contribution in [-0.4, -0.2) is 9.97 Å². The van der Waals surface area contributed by atoms with Crippen LogP contribution in [-0.2, 0) is 0 Å². The Labute approximate surface area is 97.1 Å². The summed E-state index contributed by atoms with van der Waals surface area (Å²) in [5.41, 5.74) is 0.708. The van der Waals surface area contributed by atoms with Gasteiger partial charge in [0.05, 0.1) is 17.4 Å². The van der Waals surface area contributed by atoms with Gasteiger partial charge in [-0.15, -0.1) is 0 Å². The maximum absolute atomic E-state index is 12.6. The van der Waals surface area contributed by atoms with Gasteiger partial charge in [-0.3, -0.25) is 0 Å². The van der Waals surface area contributed by atoms with Crippen molar-refractivity contribution in [3.63, 3.8) is 0 Å². The Bertz CT molecular complexity index is 488. The normalized spacial score (nSPS) is 9.38. The van der Waals surface area contributed by atoms with Crippen LogP contribution >= 0.6 is 11.6 Å². The van der Waals surface area contributed by atoms with Crippen molar-refractivity contribution < 1.29 is 4.39 Å². The third-order valence-corrected chi connectivity index (χ3v) is 1.98. The second kappa shape index (κ2) is 4.73. The van der Waals surface area contributed by atoms with Gasteiger partial charge >= 0.3 is 0 Å². The van der Waals surface area contributed by atoms with Crippen LogP contribution in [0.25, 0.3) is 0 Å². The molecule has 1 aromatic carbocycles. The largest absolute Gasteiger partial charge is 0.228 e. The van der Waals surface area contributed by atoms with Crippen LogP contribution < -0.4 is 0 Å². The average molecular weight is 233 g/mol. The zero-order chi connectivity index (χ0) is 11.4. The molecule has 78 valence electrons. The fraction of sp³-hybridized carbons (Fsp3) is 0. The lowest BCUT2D eigenvalue weighted by Gasteiger charge is -1.90. The predicted octanol–water partition coefficient (Wildman–Crippen LogP) is 2.67. The Morgan fingerprint density at radius 3 is 2.25 bits per heavy atom. The average Bonchev–Trinajstić information content (AvgIpc) is 2.30. The van der Waals surface area contributed by atoms with Crippen LogP contribution in [0.2, 0.25) is 5.02 Å². The molecule has 0 aliphatic heterocycles. The first-order chi connectivity index (χ1) is 7.74. The summed E-state index contributed by atoms with van der Waals surface area (Å²) in [4.78, 5) is 7.84. The Hall–Kier alpha value is -1.92. The summed E-state index contributed by atoms with van der Waals surface area (Å²) in [6, 6.07) is 5.90. The zero-order valence-electron chi connectivity index (χ0n) is 8.11. The molecule has 2 rings (SSSR count). The van der Waals surface area contributed by atoms with Crippen LogP contribution in [0.1, 0.15) is 11.4 Å². The Morgan fingerprint density at radius 2 is 1.62 bits per heavy atom. The molecule has 0 bridgehead atoms. The van der Waals surface area contributed by atoms with Crippen molar-refractivity contribution in [3.8, 4) is 11.8 Å². The summed E-state index contributed by atoms with van der Waals surface area (Å²) < 4.78 is 12.6. The van der Waals surface area contributed by atoms with E-state index in [1.165, 1.54) is 24.5 Å². The first-order valence-electron chi connectivity index (χ1n) is 4.49. The molecule has 0 spiro atoms. The Balaban J connectivity index is 2.21. The SMILES string of the molecule is Fc1ccc(C#Cc2ncc(Cl)cn2)cc1. The van der Waals surface area contributed by atoms with E-state index < -0.39 is 0 Å². The van der Waals surface area contributed by atoms with E-state index in [0.717, 1.165) is 0 Å². The van der Waals surface area contributed by atoms with Crippen LogP contribution in [0, 0.1) is 17.7 Å². The molecule has 0 unspecified atom stereocenters. The highest BCUT2D eigenvalue weighted by atomic mass is 35.5. The summed E-state index contributed by atoms with van der Waals surface area (Å²) in [6.45, 7) is 0. The van der Waals surface area contributed by atoms with Crippen LogP contribution in [0.5, 0.6) is 0 Å². The minimum absolute atomic E-state index is 0.284. The minimum Gasteiger partial charge on any atom is -0.228 e. The molecule has 2 nitrogen and oxygen atoms in total. The molecule has 1 heterocycles. The molecular formula is C12H6ClFN2. The smallest absolute Gasteiger partial charge is 0.205 e. The number of hydrogen-bond acceptors (Lipinski definition) is 2.